The first-order valence-corrected chi connectivity index (χ1v) is 4.97. The number of hydrogen-bond acceptors (Lipinski definition) is 3. The lowest BCUT2D eigenvalue weighted by molar-refractivity contribution is -0.113. The first kappa shape index (κ1) is 9.90. The van der Waals surface area contributed by atoms with Gasteiger partial charge in [-0.1, -0.05) is 18.2 Å². The minimum atomic E-state index is -0.568. The zero-order valence-electron chi connectivity index (χ0n) is 8.57. The van der Waals surface area contributed by atoms with E-state index in [0.717, 1.165) is 23.8 Å². The molecule has 3 nitrogen and oxygen atoms in total. The molecule has 1 fully saturated rings. The molecule has 0 bridgehead atoms. The molecular formula is C12H13NO2. The van der Waals surface area contributed by atoms with Crippen molar-refractivity contribution in [1.82, 2.24) is 0 Å². The smallest absolute Gasteiger partial charge is 0.131 e. The number of para-hydroxylation sites is 1. The van der Waals surface area contributed by atoms with Gasteiger partial charge < -0.3 is 14.9 Å². The average Bonchev–Trinajstić information content (AvgIpc) is 3.04. The second-order valence-electron chi connectivity index (χ2n) is 3.90. The number of benzene rings is 1. The molecule has 0 aliphatic heterocycles. The van der Waals surface area contributed by atoms with Crippen LogP contribution in [0.25, 0.3) is 0 Å². The third-order valence-corrected chi connectivity index (χ3v) is 3.13. The summed E-state index contributed by atoms with van der Waals surface area (Å²) in [7, 11) is 1.82. The summed E-state index contributed by atoms with van der Waals surface area (Å²) in [6.45, 7) is 0. The van der Waals surface area contributed by atoms with Crippen LogP contribution in [0.3, 0.4) is 0 Å². The van der Waals surface area contributed by atoms with E-state index < -0.39 is 5.41 Å². The van der Waals surface area contributed by atoms with Crippen molar-refractivity contribution < 1.29 is 9.59 Å². The predicted molar refractivity (Wildman–Crippen MR) is 57.9 cm³/mol. The van der Waals surface area contributed by atoms with Gasteiger partial charge >= 0.3 is 0 Å². The van der Waals surface area contributed by atoms with E-state index in [-0.39, 0.29) is 5.92 Å². The van der Waals surface area contributed by atoms with Gasteiger partial charge in [-0.05, 0) is 18.1 Å². The highest BCUT2D eigenvalue weighted by atomic mass is 16.1. The normalized spacial score (nSPS) is 28.2. The van der Waals surface area contributed by atoms with Crippen molar-refractivity contribution in [3.8, 4) is 0 Å². The second-order valence-corrected chi connectivity index (χ2v) is 3.90. The minimum absolute atomic E-state index is 0.149. The van der Waals surface area contributed by atoms with Crippen molar-refractivity contribution in [2.24, 2.45) is 5.92 Å². The molecule has 0 radical (unpaired) electrons. The first-order chi connectivity index (χ1) is 7.28. The summed E-state index contributed by atoms with van der Waals surface area (Å²) in [5.74, 6) is -0.149. The number of nitrogens with one attached hydrogen (secondary N) is 1. The topological polar surface area (TPSA) is 46.2 Å². The van der Waals surface area contributed by atoms with Crippen LogP contribution in [0.5, 0.6) is 0 Å². The number of carbonyl (C=O) groups is 2. The standard InChI is InChI=1S/C12H13NO2/c1-13-11-5-3-2-4-10(11)12(8-15)6-9(12)7-14/h2-5,7-9,13H,6H2,1H3. The van der Waals surface area contributed by atoms with Gasteiger partial charge in [0.2, 0.25) is 0 Å². The van der Waals surface area contributed by atoms with Gasteiger partial charge in [-0.15, -0.1) is 0 Å². The van der Waals surface area contributed by atoms with Gasteiger partial charge in [0.25, 0.3) is 0 Å². The Morgan fingerprint density at radius 1 is 1.40 bits per heavy atom. The summed E-state index contributed by atoms with van der Waals surface area (Å²) in [6.07, 6.45) is 2.42. The Balaban J connectivity index is 2.45. The summed E-state index contributed by atoms with van der Waals surface area (Å²) in [5.41, 5.74) is 1.29. The van der Waals surface area contributed by atoms with E-state index >= 15 is 0 Å². The molecule has 1 aromatic carbocycles. The third-order valence-electron chi connectivity index (χ3n) is 3.13. The number of aldehydes is 2. The molecule has 2 unspecified atom stereocenters. The highest BCUT2D eigenvalue weighted by Crippen LogP contribution is 2.53. The fraction of sp³-hybridized carbons (Fsp3) is 0.333. The molecule has 0 saturated heterocycles. The van der Waals surface area contributed by atoms with Crippen molar-refractivity contribution in [3.63, 3.8) is 0 Å². The van der Waals surface area contributed by atoms with Gasteiger partial charge in [-0.2, -0.15) is 0 Å². The summed E-state index contributed by atoms with van der Waals surface area (Å²) in [5, 5.41) is 3.05. The van der Waals surface area contributed by atoms with E-state index in [9.17, 15) is 9.59 Å². The van der Waals surface area contributed by atoms with Gasteiger partial charge in [-0.25, -0.2) is 0 Å². The molecule has 2 atom stereocenters. The molecule has 0 amide bonds. The van der Waals surface area contributed by atoms with Crippen LogP contribution in [-0.2, 0) is 15.0 Å². The Morgan fingerprint density at radius 2 is 2.13 bits per heavy atom. The van der Waals surface area contributed by atoms with Crippen LogP contribution in [0.4, 0.5) is 5.69 Å². The lowest BCUT2D eigenvalue weighted by Gasteiger charge is -2.13. The molecule has 3 heteroatoms. The Hall–Kier alpha value is -1.64. The van der Waals surface area contributed by atoms with E-state index in [2.05, 4.69) is 5.32 Å². The lowest BCUT2D eigenvalue weighted by Crippen LogP contribution is -2.14. The maximum atomic E-state index is 11.1. The number of rotatable bonds is 4. The SMILES string of the molecule is CNc1ccccc1C1(C=O)CC1C=O. The lowest BCUT2D eigenvalue weighted by atomic mass is 9.93. The van der Waals surface area contributed by atoms with Crippen molar-refractivity contribution >= 4 is 18.3 Å². The van der Waals surface area contributed by atoms with Crippen LogP contribution in [0, 0.1) is 5.92 Å². The van der Waals surface area contributed by atoms with Gasteiger partial charge in [0.15, 0.2) is 0 Å². The number of carbonyl (C=O) groups excluding carboxylic acids is 2. The van der Waals surface area contributed by atoms with Gasteiger partial charge in [0.05, 0.1) is 5.41 Å². The fourth-order valence-corrected chi connectivity index (χ4v) is 2.09. The fourth-order valence-electron chi connectivity index (χ4n) is 2.09. The molecule has 78 valence electrons. The summed E-state index contributed by atoms with van der Waals surface area (Å²) >= 11 is 0. The molecular weight excluding hydrogens is 190 g/mol. The summed E-state index contributed by atoms with van der Waals surface area (Å²) in [4.78, 5) is 21.9. The highest BCUT2D eigenvalue weighted by molar-refractivity contribution is 5.86. The number of hydrogen-bond donors (Lipinski definition) is 1. The van der Waals surface area contributed by atoms with Gasteiger partial charge in [0, 0.05) is 18.7 Å². The Labute approximate surface area is 88.5 Å². The number of anilines is 1. The minimum Gasteiger partial charge on any atom is -0.388 e. The zero-order chi connectivity index (χ0) is 10.9. The maximum absolute atomic E-state index is 11.1. The Kier molecular flexibility index (Phi) is 2.31. The average molecular weight is 203 g/mol. The van der Waals surface area contributed by atoms with Crippen molar-refractivity contribution in [2.45, 2.75) is 11.8 Å². The second kappa shape index (κ2) is 3.50. The van der Waals surface area contributed by atoms with Crippen molar-refractivity contribution in [3.05, 3.63) is 29.8 Å². The van der Waals surface area contributed by atoms with Gasteiger partial charge in [0.1, 0.15) is 12.6 Å². The summed E-state index contributed by atoms with van der Waals surface area (Å²) in [6, 6.07) is 7.62. The van der Waals surface area contributed by atoms with Crippen LogP contribution in [0.1, 0.15) is 12.0 Å². The van der Waals surface area contributed by atoms with Crippen molar-refractivity contribution in [1.29, 1.82) is 0 Å². The molecule has 1 N–H and O–H groups in total. The zero-order valence-corrected chi connectivity index (χ0v) is 8.57. The van der Waals surface area contributed by atoms with Crippen molar-refractivity contribution in [2.75, 3.05) is 12.4 Å². The predicted octanol–water partition coefficient (Wildman–Crippen LogP) is 1.38. The van der Waals surface area contributed by atoms with Crippen LogP contribution in [0.2, 0.25) is 0 Å². The van der Waals surface area contributed by atoms with E-state index in [1.54, 1.807) is 0 Å². The highest BCUT2D eigenvalue weighted by Gasteiger charge is 2.56. The molecule has 0 aromatic heterocycles. The van der Waals surface area contributed by atoms with E-state index in [4.69, 9.17) is 0 Å². The Morgan fingerprint density at radius 3 is 2.67 bits per heavy atom. The van der Waals surface area contributed by atoms with Crippen LogP contribution >= 0.6 is 0 Å². The Bertz CT molecular complexity index is 402. The molecule has 0 heterocycles. The molecule has 15 heavy (non-hydrogen) atoms. The van der Waals surface area contributed by atoms with E-state index in [0.29, 0.717) is 6.42 Å². The van der Waals surface area contributed by atoms with Crippen LogP contribution < -0.4 is 5.32 Å². The summed E-state index contributed by atoms with van der Waals surface area (Å²) < 4.78 is 0. The van der Waals surface area contributed by atoms with Gasteiger partial charge in [-0.3, -0.25) is 0 Å². The van der Waals surface area contributed by atoms with Crippen LogP contribution in [-0.4, -0.2) is 19.6 Å². The third kappa shape index (κ3) is 1.35. The molecule has 1 saturated carbocycles. The monoisotopic (exact) mass is 203 g/mol. The quantitative estimate of drug-likeness (QED) is 0.752. The van der Waals surface area contributed by atoms with Crippen LogP contribution in [0.15, 0.2) is 24.3 Å². The maximum Gasteiger partial charge on any atom is 0.131 e. The molecule has 1 aromatic rings. The molecule has 0 spiro atoms. The molecule has 1 aliphatic rings. The molecule has 2 rings (SSSR count). The largest absolute Gasteiger partial charge is 0.388 e. The van der Waals surface area contributed by atoms with E-state index in [1.165, 1.54) is 0 Å². The molecule has 1 aliphatic carbocycles. The first-order valence-electron chi connectivity index (χ1n) is 4.97. The van der Waals surface area contributed by atoms with E-state index in [1.807, 2.05) is 31.3 Å².